The fourth-order valence-electron chi connectivity index (χ4n) is 2.18. The van der Waals surface area contributed by atoms with Gasteiger partial charge in [-0.2, -0.15) is 0 Å². The van der Waals surface area contributed by atoms with E-state index in [2.05, 4.69) is 15.8 Å². The molecule has 2 atom stereocenters. The molecule has 2 amide bonds. The van der Waals surface area contributed by atoms with E-state index in [-0.39, 0.29) is 12.1 Å². The molecule has 0 spiro atoms. The standard InChI is InChI=1S/C15H21N3O3S/c1-4-12-14(10(3)18-21-12)17-15(20)16-9(2)8-11(19)13-6-5-7-22-13/h5-7,9,11,19H,4,8H2,1-3H3,(H2,16,17,20). The smallest absolute Gasteiger partial charge is 0.319 e. The van der Waals surface area contributed by atoms with Crippen molar-refractivity contribution >= 4 is 23.1 Å². The van der Waals surface area contributed by atoms with Crippen LogP contribution in [-0.2, 0) is 6.42 Å². The van der Waals surface area contributed by atoms with Crippen LogP contribution < -0.4 is 10.6 Å². The van der Waals surface area contributed by atoms with Crippen LogP contribution >= 0.6 is 11.3 Å². The molecule has 0 aliphatic heterocycles. The van der Waals surface area contributed by atoms with Gasteiger partial charge in [0.05, 0.1) is 6.10 Å². The molecule has 0 aliphatic carbocycles. The number of aliphatic hydroxyl groups excluding tert-OH is 1. The zero-order chi connectivity index (χ0) is 16.1. The van der Waals surface area contributed by atoms with Crippen LogP contribution in [0, 0.1) is 6.92 Å². The number of nitrogens with zero attached hydrogens (tertiary/aromatic N) is 1. The third-order valence-electron chi connectivity index (χ3n) is 3.32. The quantitative estimate of drug-likeness (QED) is 0.761. The average molecular weight is 323 g/mol. The van der Waals surface area contributed by atoms with Crippen LogP contribution in [0.15, 0.2) is 22.0 Å². The van der Waals surface area contributed by atoms with Gasteiger partial charge < -0.3 is 20.3 Å². The van der Waals surface area contributed by atoms with Crippen molar-refractivity contribution < 1.29 is 14.4 Å². The van der Waals surface area contributed by atoms with E-state index < -0.39 is 6.10 Å². The average Bonchev–Trinajstić information content (AvgIpc) is 3.09. The Bertz CT molecular complexity index is 610. The molecule has 2 unspecified atom stereocenters. The number of aryl methyl sites for hydroxylation is 2. The van der Waals surface area contributed by atoms with Crippen LogP contribution in [0.2, 0.25) is 0 Å². The van der Waals surface area contributed by atoms with Crippen molar-refractivity contribution in [3.05, 3.63) is 33.8 Å². The lowest BCUT2D eigenvalue weighted by atomic mass is 10.1. The van der Waals surface area contributed by atoms with Gasteiger partial charge in [0, 0.05) is 17.3 Å². The summed E-state index contributed by atoms with van der Waals surface area (Å²) in [6.07, 6.45) is 0.541. The molecule has 7 heteroatoms. The number of nitrogens with one attached hydrogen (secondary N) is 2. The predicted octanol–water partition coefficient (Wildman–Crippen LogP) is 3.24. The summed E-state index contributed by atoms with van der Waals surface area (Å²) in [6.45, 7) is 5.57. The maximum Gasteiger partial charge on any atom is 0.319 e. The van der Waals surface area contributed by atoms with Crippen LogP contribution in [0.1, 0.15) is 42.7 Å². The minimum atomic E-state index is -0.571. The molecule has 2 aromatic heterocycles. The van der Waals surface area contributed by atoms with Gasteiger partial charge in [0.2, 0.25) is 0 Å². The van der Waals surface area contributed by atoms with E-state index in [1.165, 1.54) is 11.3 Å². The highest BCUT2D eigenvalue weighted by molar-refractivity contribution is 7.10. The first-order chi connectivity index (χ1) is 10.5. The van der Waals surface area contributed by atoms with Crippen molar-refractivity contribution in [1.82, 2.24) is 10.5 Å². The van der Waals surface area contributed by atoms with Crippen molar-refractivity contribution in [2.24, 2.45) is 0 Å². The van der Waals surface area contributed by atoms with Crippen LogP contribution in [-0.4, -0.2) is 22.3 Å². The Morgan fingerprint density at radius 1 is 1.55 bits per heavy atom. The van der Waals surface area contributed by atoms with Crippen molar-refractivity contribution in [3.63, 3.8) is 0 Å². The highest BCUT2D eigenvalue weighted by Crippen LogP contribution is 2.23. The molecule has 2 rings (SSSR count). The second-order valence-electron chi connectivity index (χ2n) is 5.19. The normalized spacial score (nSPS) is 13.6. The number of hydrogen-bond acceptors (Lipinski definition) is 5. The molecular weight excluding hydrogens is 302 g/mol. The topological polar surface area (TPSA) is 87.4 Å². The maximum atomic E-state index is 12.0. The second-order valence-corrected chi connectivity index (χ2v) is 6.17. The van der Waals surface area contributed by atoms with Crippen LogP contribution in [0.3, 0.4) is 0 Å². The summed E-state index contributed by atoms with van der Waals surface area (Å²) >= 11 is 1.50. The number of amides is 2. The van der Waals surface area contributed by atoms with Gasteiger partial charge in [-0.1, -0.05) is 18.1 Å². The Morgan fingerprint density at radius 2 is 2.32 bits per heavy atom. The molecule has 0 radical (unpaired) electrons. The molecule has 6 nitrogen and oxygen atoms in total. The highest BCUT2D eigenvalue weighted by Gasteiger charge is 2.18. The molecule has 2 heterocycles. The first-order valence-corrected chi connectivity index (χ1v) is 8.13. The van der Waals surface area contributed by atoms with Crippen molar-refractivity contribution in [2.75, 3.05) is 5.32 Å². The Labute approximate surface area is 133 Å². The summed E-state index contributed by atoms with van der Waals surface area (Å²) in [5, 5.41) is 21.4. The molecule has 3 N–H and O–H groups in total. The fourth-order valence-corrected chi connectivity index (χ4v) is 2.91. The maximum absolute atomic E-state index is 12.0. The van der Waals surface area contributed by atoms with Gasteiger partial charge in [0.25, 0.3) is 0 Å². The van der Waals surface area contributed by atoms with E-state index in [1.807, 2.05) is 31.4 Å². The lowest BCUT2D eigenvalue weighted by molar-refractivity contribution is 0.158. The van der Waals surface area contributed by atoms with Gasteiger partial charge in [-0.15, -0.1) is 11.3 Å². The minimum Gasteiger partial charge on any atom is -0.387 e. The number of thiophene rings is 1. The number of aliphatic hydroxyl groups is 1. The number of anilines is 1. The fraction of sp³-hybridized carbons (Fsp3) is 0.467. The first-order valence-electron chi connectivity index (χ1n) is 7.25. The van der Waals surface area contributed by atoms with E-state index in [0.29, 0.717) is 30.0 Å². The summed E-state index contributed by atoms with van der Waals surface area (Å²) in [6, 6.07) is 3.29. The summed E-state index contributed by atoms with van der Waals surface area (Å²) in [7, 11) is 0. The summed E-state index contributed by atoms with van der Waals surface area (Å²) < 4.78 is 5.13. The van der Waals surface area contributed by atoms with E-state index in [9.17, 15) is 9.90 Å². The third-order valence-corrected chi connectivity index (χ3v) is 4.29. The molecule has 22 heavy (non-hydrogen) atoms. The molecule has 120 valence electrons. The Kier molecular flexibility index (Phi) is 5.57. The van der Waals surface area contributed by atoms with Gasteiger partial charge in [0.1, 0.15) is 11.4 Å². The van der Waals surface area contributed by atoms with Crippen molar-refractivity contribution in [1.29, 1.82) is 0 Å². The number of aromatic nitrogens is 1. The Morgan fingerprint density at radius 3 is 2.95 bits per heavy atom. The molecule has 0 bridgehead atoms. The lowest BCUT2D eigenvalue weighted by Crippen LogP contribution is -2.37. The summed E-state index contributed by atoms with van der Waals surface area (Å²) in [5.74, 6) is 0.652. The number of urea groups is 1. The van der Waals surface area contributed by atoms with Gasteiger partial charge in [-0.05, 0) is 31.7 Å². The molecule has 2 aromatic rings. The Balaban J connectivity index is 1.87. The zero-order valence-corrected chi connectivity index (χ0v) is 13.7. The van der Waals surface area contributed by atoms with Gasteiger partial charge in [-0.25, -0.2) is 4.79 Å². The number of carbonyl (C=O) groups excluding carboxylic acids is 1. The SMILES string of the molecule is CCc1onc(C)c1NC(=O)NC(C)CC(O)c1cccs1. The van der Waals surface area contributed by atoms with Crippen LogP contribution in [0.5, 0.6) is 0 Å². The zero-order valence-electron chi connectivity index (χ0n) is 12.9. The van der Waals surface area contributed by atoms with Gasteiger partial charge in [-0.3, -0.25) is 0 Å². The molecule has 0 aliphatic rings. The largest absolute Gasteiger partial charge is 0.387 e. The predicted molar refractivity (Wildman–Crippen MR) is 86.1 cm³/mol. The van der Waals surface area contributed by atoms with Gasteiger partial charge in [0.15, 0.2) is 5.76 Å². The number of rotatable bonds is 6. The summed E-state index contributed by atoms with van der Waals surface area (Å²) in [5.41, 5.74) is 1.27. The number of carbonyl (C=O) groups is 1. The molecule has 0 saturated carbocycles. The summed E-state index contributed by atoms with van der Waals surface area (Å²) in [4.78, 5) is 12.9. The third kappa shape index (κ3) is 4.08. The van der Waals surface area contributed by atoms with E-state index in [0.717, 1.165) is 4.88 Å². The first kappa shape index (κ1) is 16.5. The van der Waals surface area contributed by atoms with Crippen LogP contribution in [0.25, 0.3) is 0 Å². The van der Waals surface area contributed by atoms with Gasteiger partial charge >= 0.3 is 6.03 Å². The molecule has 0 fully saturated rings. The van der Waals surface area contributed by atoms with E-state index in [4.69, 9.17) is 4.52 Å². The van der Waals surface area contributed by atoms with E-state index in [1.54, 1.807) is 6.92 Å². The number of hydrogen-bond donors (Lipinski definition) is 3. The molecule has 0 saturated heterocycles. The monoisotopic (exact) mass is 323 g/mol. The van der Waals surface area contributed by atoms with Crippen molar-refractivity contribution in [3.8, 4) is 0 Å². The Hall–Kier alpha value is -1.86. The van der Waals surface area contributed by atoms with Crippen LogP contribution in [0.4, 0.5) is 10.5 Å². The lowest BCUT2D eigenvalue weighted by Gasteiger charge is -2.17. The second kappa shape index (κ2) is 7.42. The van der Waals surface area contributed by atoms with Crippen molar-refractivity contribution in [2.45, 2.75) is 45.8 Å². The highest BCUT2D eigenvalue weighted by atomic mass is 32.1. The molecular formula is C15H21N3O3S. The minimum absolute atomic E-state index is 0.164. The molecule has 0 aromatic carbocycles. The van der Waals surface area contributed by atoms with E-state index >= 15 is 0 Å².